The summed E-state index contributed by atoms with van der Waals surface area (Å²) in [6.45, 7) is 7.80. The Morgan fingerprint density at radius 3 is 2.50 bits per heavy atom. The Balaban J connectivity index is 1.79. The van der Waals surface area contributed by atoms with Crippen LogP contribution in [-0.2, 0) is 4.74 Å². The van der Waals surface area contributed by atoms with Crippen LogP contribution in [0, 0.1) is 26.6 Å². The normalized spacial score (nSPS) is 16.2. The number of likely N-dealkylation sites (tertiary alicyclic amines) is 1. The van der Waals surface area contributed by atoms with Gasteiger partial charge >= 0.3 is 0 Å². The van der Waals surface area contributed by atoms with Crippen molar-refractivity contribution < 1.29 is 13.9 Å². The van der Waals surface area contributed by atoms with Gasteiger partial charge in [0, 0.05) is 42.8 Å². The van der Waals surface area contributed by atoms with Crippen LogP contribution in [0.2, 0.25) is 0 Å². The third-order valence-electron chi connectivity index (χ3n) is 5.38. The van der Waals surface area contributed by atoms with Crippen molar-refractivity contribution >= 4 is 5.78 Å². The summed E-state index contributed by atoms with van der Waals surface area (Å²) in [5.74, 6) is -0.114. The predicted octanol–water partition coefficient (Wildman–Crippen LogP) is 3.84. The summed E-state index contributed by atoms with van der Waals surface area (Å²) in [7, 11) is 1.74. The first-order chi connectivity index (χ1) is 12.4. The van der Waals surface area contributed by atoms with Gasteiger partial charge in [-0.2, -0.15) is 0 Å². The van der Waals surface area contributed by atoms with Crippen molar-refractivity contribution in [1.29, 1.82) is 0 Å². The number of rotatable bonds is 5. The maximum absolute atomic E-state index is 14.0. The number of aromatic nitrogens is 1. The number of Topliss-reactive ketones (excluding diaryl/α,β-unsaturated/α-hetero) is 1. The van der Waals surface area contributed by atoms with Crippen molar-refractivity contribution in [1.82, 2.24) is 9.47 Å². The summed E-state index contributed by atoms with van der Waals surface area (Å²) in [5.41, 5.74) is 3.89. The lowest BCUT2D eigenvalue weighted by Gasteiger charge is -2.30. The minimum absolute atomic E-state index is 0.118. The maximum atomic E-state index is 14.0. The number of aryl methyl sites for hydroxylation is 2. The summed E-state index contributed by atoms with van der Waals surface area (Å²) in [5, 5.41) is 0. The van der Waals surface area contributed by atoms with Crippen molar-refractivity contribution in [3.8, 4) is 5.69 Å². The second-order valence-electron chi connectivity index (χ2n) is 7.19. The highest BCUT2D eigenvalue weighted by molar-refractivity contribution is 5.99. The van der Waals surface area contributed by atoms with Crippen LogP contribution in [0.3, 0.4) is 0 Å². The van der Waals surface area contributed by atoms with Gasteiger partial charge in [-0.1, -0.05) is 6.07 Å². The van der Waals surface area contributed by atoms with E-state index in [0.29, 0.717) is 18.2 Å². The molecular formula is C21H27FN2O2. The van der Waals surface area contributed by atoms with Crippen molar-refractivity contribution in [2.24, 2.45) is 0 Å². The highest BCUT2D eigenvalue weighted by Gasteiger charge is 2.23. The molecule has 26 heavy (non-hydrogen) atoms. The topological polar surface area (TPSA) is 34.5 Å². The van der Waals surface area contributed by atoms with E-state index >= 15 is 0 Å². The zero-order valence-corrected chi connectivity index (χ0v) is 16.0. The lowest BCUT2D eigenvalue weighted by atomic mass is 10.1. The van der Waals surface area contributed by atoms with Crippen LogP contribution < -0.4 is 0 Å². The number of ether oxygens (including phenoxy) is 1. The van der Waals surface area contributed by atoms with E-state index in [4.69, 9.17) is 4.74 Å². The zero-order chi connectivity index (χ0) is 18.8. The minimum atomic E-state index is -0.233. The molecule has 0 saturated carbocycles. The molecule has 3 rings (SSSR count). The van der Waals surface area contributed by atoms with Gasteiger partial charge in [-0.05, 0) is 57.4 Å². The van der Waals surface area contributed by atoms with E-state index < -0.39 is 0 Å². The van der Waals surface area contributed by atoms with E-state index in [9.17, 15) is 9.18 Å². The largest absolute Gasteiger partial charge is 0.381 e. The van der Waals surface area contributed by atoms with E-state index in [2.05, 4.69) is 4.90 Å². The van der Waals surface area contributed by atoms with Gasteiger partial charge in [-0.3, -0.25) is 9.69 Å². The highest BCUT2D eigenvalue weighted by Crippen LogP contribution is 2.23. The molecule has 0 unspecified atom stereocenters. The lowest BCUT2D eigenvalue weighted by molar-refractivity contribution is 0.0401. The monoisotopic (exact) mass is 358 g/mol. The van der Waals surface area contributed by atoms with Crippen LogP contribution in [0.4, 0.5) is 4.39 Å². The fourth-order valence-electron chi connectivity index (χ4n) is 3.75. The fourth-order valence-corrected chi connectivity index (χ4v) is 3.75. The van der Waals surface area contributed by atoms with Crippen molar-refractivity contribution in [3.05, 3.63) is 52.6 Å². The average molecular weight is 358 g/mol. The van der Waals surface area contributed by atoms with Gasteiger partial charge in [0.1, 0.15) is 5.82 Å². The lowest BCUT2D eigenvalue weighted by Crippen LogP contribution is -2.39. The molecule has 1 aliphatic rings. The van der Waals surface area contributed by atoms with Crippen LogP contribution >= 0.6 is 0 Å². The molecule has 0 atom stereocenters. The molecule has 2 aromatic rings. The van der Waals surface area contributed by atoms with E-state index in [-0.39, 0.29) is 11.6 Å². The molecule has 5 heteroatoms. The number of benzene rings is 1. The average Bonchev–Trinajstić information content (AvgIpc) is 2.93. The molecule has 140 valence electrons. The molecule has 0 radical (unpaired) electrons. The highest BCUT2D eigenvalue weighted by atomic mass is 19.1. The summed E-state index contributed by atoms with van der Waals surface area (Å²) >= 11 is 0. The molecule has 4 nitrogen and oxygen atoms in total. The summed E-state index contributed by atoms with van der Waals surface area (Å²) in [6.07, 6.45) is 2.24. The van der Waals surface area contributed by atoms with Crippen molar-refractivity contribution in [2.75, 3.05) is 26.7 Å². The van der Waals surface area contributed by atoms with E-state index in [1.165, 1.54) is 6.07 Å². The second kappa shape index (κ2) is 7.72. The summed E-state index contributed by atoms with van der Waals surface area (Å²) in [6, 6.07) is 7.10. The van der Waals surface area contributed by atoms with Crippen molar-refractivity contribution in [2.45, 2.75) is 39.7 Å². The zero-order valence-electron chi connectivity index (χ0n) is 16.0. The number of ketones is 1. The van der Waals surface area contributed by atoms with Gasteiger partial charge in [-0.25, -0.2) is 4.39 Å². The Morgan fingerprint density at radius 2 is 1.88 bits per heavy atom. The molecule has 0 spiro atoms. The number of halogens is 1. The predicted molar refractivity (Wildman–Crippen MR) is 101 cm³/mol. The number of nitrogens with zero attached hydrogens (tertiary/aromatic N) is 2. The molecule has 2 heterocycles. The van der Waals surface area contributed by atoms with E-state index in [0.717, 1.165) is 48.6 Å². The van der Waals surface area contributed by atoms with Crippen LogP contribution in [0.25, 0.3) is 5.69 Å². The molecule has 1 aromatic heterocycles. The van der Waals surface area contributed by atoms with Gasteiger partial charge in [-0.15, -0.1) is 0 Å². The Morgan fingerprint density at radius 1 is 1.19 bits per heavy atom. The summed E-state index contributed by atoms with van der Waals surface area (Å²) < 4.78 is 21.3. The summed E-state index contributed by atoms with van der Waals surface area (Å²) in [4.78, 5) is 15.0. The number of piperidine rings is 1. The number of hydrogen-bond donors (Lipinski definition) is 0. The molecule has 0 amide bonds. The molecule has 1 aliphatic heterocycles. The van der Waals surface area contributed by atoms with Gasteiger partial charge in [0.25, 0.3) is 0 Å². The van der Waals surface area contributed by atoms with Crippen LogP contribution in [-0.4, -0.2) is 48.1 Å². The van der Waals surface area contributed by atoms with Crippen LogP contribution in [0.5, 0.6) is 0 Å². The Labute approximate surface area is 154 Å². The van der Waals surface area contributed by atoms with Crippen LogP contribution in [0.1, 0.15) is 40.2 Å². The van der Waals surface area contributed by atoms with Gasteiger partial charge in [0.2, 0.25) is 0 Å². The quantitative estimate of drug-likeness (QED) is 0.762. The minimum Gasteiger partial charge on any atom is -0.381 e. The molecular weight excluding hydrogens is 331 g/mol. The third-order valence-corrected chi connectivity index (χ3v) is 5.38. The first-order valence-electron chi connectivity index (χ1n) is 9.14. The number of carbonyl (C=O) groups is 1. The molecule has 1 aromatic carbocycles. The third kappa shape index (κ3) is 3.74. The standard InChI is InChI=1S/C21H27FN2O2/c1-14-5-6-17(12-20(14)22)24-15(2)11-19(16(24)3)21(25)13-23-9-7-18(26-4)8-10-23/h5-6,11-12,18H,7-10,13H2,1-4H3. The number of methoxy groups -OCH3 is 1. The fraction of sp³-hybridized carbons (Fsp3) is 0.476. The first-order valence-corrected chi connectivity index (χ1v) is 9.14. The SMILES string of the molecule is COC1CCN(CC(=O)c2cc(C)n(-c3ccc(C)c(F)c3)c2C)CC1. The van der Waals surface area contributed by atoms with Crippen LogP contribution in [0.15, 0.2) is 24.3 Å². The molecule has 1 saturated heterocycles. The molecule has 0 aliphatic carbocycles. The molecule has 0 bridgehead atoms. The number of carbonyl (C=O) groups excluding carboxylic acids is 1. The first kappa shape index (κ1) is 18.8. The Bertz CT molecular complexity index is 805. The molecule has 1 fully saturated rings. The van der Waals surface area contributed by atoms with Gasteiger partial charge < -0.3 is 9.30 Å². The molecule has 0 N–H and O–H groups in total. The van der Waals surface area contributed by atoms with Gasteiger partial charge in [0.15, 0.2) is 5.78 Å². The second-order valence-corrected chi connectivity index (χ2v) is 7.19. The van der Waals surface area contributed by atoms with Gasteiger partial charge in [0.05, 0.1) is 12.6 Å². The van der Waals surface area contributed by atoms with Crippen molar-refractivity contribution in [3.63, 3.8) is 0 Å². The maximum Gasteiger partial charge on any atom is 0.178 e. The Hall–Kier alpha value is -1.98. The Kier molecular flexibility index (Phi) is 5.58. The van der Waals surface area contributed by atoms with E-state index in [1.807, 2.05) is 30.5 Å². The van der Waals surface area contributed by atoms with E-state index in [1.54, 1.807) is 20.1 Å². The smallest absolute Gasteiger partial charge is 0.178 e. The number of hydrogen-bond acceptors (Lipinski definition) is 3.